The predicted octanol–water partition coefficient (Wildman–Crippen LogP) is 4.08. The third-order valence-electron chi connectivity index (χ3n) is 5.68. The number of aryl methyl sites for hydroxylation is 1. The van der Waals surface area contributed by atoms with Gasteiger partial charge in [-0.3, -0.25) is 9.10 Å². The number of ether oxygens (including phenoxy) is 1. The van der Waals surface area contributed by atoms with Crippen LogP contribution in [0.3, 0.4) is 0 Å². The van der Waals surface area contributed by atoms with Crippen molar-refractivity contribution in [2.24, 2.45) is 0 Å². The van der Waals surface area contributed by atoms with Crippen LogP contribution < -0.4 is 14.4 Å². The molecule has 0 saturated heterocycles. The molecular weight excluding hydrogens is 424 g/mol. The van der Waals surface area contributed by atoms with Gasteiger partial charge in [0.15, 0.2) is 0 Å². The number of nitrogens with one attached hydrogen (secondary N) is 1. The van der Waals surface area contributed by atoms with Crippen LogP contribution in [0.4, 0.5) is 5.69 Å². The summed E-state index contributed by atoms with van der Waals surface area (Å²) in [7, 11) is -2.44. The third-order valence-corrected chi connectivity index (χ3v) is 7.47. The maximum absolute atomic E-state index is 13.5. The second kappa shape index (κ2) is 9.44. The number of para-hydroxylation sites is 1. The van der Waals surface area contributed by atoms with Crippen molar-refractivity contribution in [3.63, 3.8) is 0 Å². The maximum atomic E-state index is 13.5. The quantitative estimate of drug-likeness (QED) is 0.588. The molecule has 0 aromatic heterocycles. The minimum absolute atomic E-state index is 0.0953. The van der Waals surface area contributed by atoms with Gasteiger partial charge in [-0.25, -0.2) is 8.42 Å². The molecule has 0 aliphatic heterocycles. The van der Waals surface area contributed by atoms with Crippen LogP contribution in [0.5, 0.6) is 5.75 Å². The summed E-state index contributed by atoms with van der Waals surface area (Å²) < 4.78 is 33.2. The number of rotatable bonds is 7. The predicted molar refractivity (Wildman–Crippen MR) is 124 cm³/mol. The van der Waals surface area contributed by atoms with E-state index in [2.05, 4.69) is 11.4 Å². The minimum Gasteiger partial charge on any atom is -0.497 e. The molecule has 7 heteroatoms. The molecule has 4 rings (SSSR count). The van der Waals surface area contributed by atoms with E-state index in [4.69, 9.17) is 4.74 Å². The van der Waals surface area contributed by atoms with Crippen LogP contribution >= 0.6 is 0 Å². The lowest BCUT2D eigenvalue weighted by Gasteiger charge is -2.28. The fraction of sp³-hybridized carbons (Fsp3) is 0.240. The fourth-order valence-corrected chi connectivity index (χ4v) is 5.48. The van der Waals surface area contributed by atoms with Gasteiger partial charge in [0.1, 0.15) is 12.3 Å². The highest BCUT2D eigenvalue weighted by atomic mass is 32.2. The van der Waals surface area contributed by atoms with Crippen molar-refractivity contribution in [1.82, 2.24) is 5.32 Å². The summed E-state index contributed by atoms with van der Waals surface area (Å²) in [6.45, 7) is -0.308. The number of methoxy groups -OCH3 is 1. The Labute approximate surface area is 188 Å². The van der Waals surface area contributed by atoms with E-state index in [0.29, 0.717) is 11.4 Å². The molecule has 3 aromatic rings. The lowest BCUT2D eigenvalue weighted by molar-refractivity contribution is -0.120. The monoisotopic (exact) mass is 450 g/mol. The first kappa shape index (κ1) is 21.9. The molecule has 1 amide bonds. The normalized spacial score (nSPS) is 15.5. The summed E-state index contributed by atoms with van der Waals surface area (Å²) in [6, 6.07) is 22.8. The zero-order valence-corrected chi connectivity index (χ0v) is 18.7. The summed E-state index contributed by atoms with van der Waals surface area (Å²) >= 11 is 0. The summed E-state index contributed by atoms with van der Waals surface area (Å²) in [4.78, 5) is 13.1. The van der Waals surface area contributed by atoms with Crippen LogP contribution in [0, 0.1) is 0 Å². The number of nitrogens with zero attached hydrogens (tertiary/aromatic N) is 1. The van der Waals surface area contributed by atoms with Gasteiger partial charge in [-0.15, -0.1) is 0 Å². The molecule has 0 spiro atoms. The van der Waals surface area contributed by atoms with Crippen molar-refractivity contribution in [2.45, 2.75) is 30.2 Å². The largest absolute Gasteiger partial charge is 0.497 e. The van der Waals surface area contributed by atoms with Crippen LogP contribution in [0.1, 0.15) is 30.0 Å². The number of amides is 1. The Kier molecular flexibility index (Phi) is 6.46. The van der Waals surface area contributed by atoms with Gasteiger partial charge in [0.2, 0.25) is 5.91 Å². The summed E-state index contributed by atoms with van der Waals surface area (Å²) in [5.41, 5.74) is 2.77. The minimum atomic E-state index is -3.96. The fourth-order valence-electron chi connectivity index (χ4n) is 4.06. The van der Waals surface area contributed by atoms with E-state index in [-0.39, 0.29) is 23.4 Å². The third kappa shape index (κ3) is 4.62. The highest BCUT2D eigenvalue weighted by Crippen LogP contribution is 2.30. The molecule has 1 aliphatic carbocycles. The van der Waals surface area contributed by atoms with Crippen molar-refractivity contribution in [1.29, 1.82) is 0 Å². The van der Waals surface area contributed by atoms with Crippen LogP contribution in [-0.4, -0.2) is 28.0 Å². The average Bonchev–Trinajstić information content (AvgIpc) is 2.83. The Morgan fingerprint density at radius 2 is 1.69 bits per heavy atom. The molecule has 1 aliphatic rings. The lowest BCUT2D eigenvalue weighted by atomic mass is 9.88. The summed E-state index contributed by atoms with van der Waals surface area (Å²) in [5, 5.41) is 3.05. The van der Waals surface area contributed by atoms with Crippen molar-refractivity contribution in [3.8, 4) is 5.75 Å². The second-order valence-corrected chi connectivity index (χ2v) is 9.60. The number of carbonyl (C=O) groups is 1. The van der Waals surface area contributed by atoms with Gasteiger partial charge in [-0.05, 0) is 66.8 Å². The molecule has 6 nitrogen and oxygen atoms in total. The second-order valence-electron chi connectivity index (χ2n) is 7.73. The van der Waals surface area contributed by atoms with E-state index in [1.165, 1.54) is 24.8 Å². The van der Waals surface area contributed by atoms with E-state index < -0.39 is 10.0 Å². The Hall–Kier alpha value is -3.32. The lowest BCUT2D eigenvalue weighted by Crippen LogP contribution is -2.42. The number of anilines is 1. The van der Waals surface area contributed by atoms with Crippen molar-refractivity contribution >= 4 is 21.6 Å². The van der Waals surface area contributed by atoms with E-state index in [0.717, 1.165) is 29.1 Å². The highest BCUT2D eigenvalue weighted by Gasteiger charge is 2.29. The molecule has 0 heterocycles. The van der Waals surface area contributed by atoms with Crippen LogP contribution in [0.15, 0.2) is 83.8 Å². The molecular formula is C25H26N2O4S. The Bertz CT molecular complexity index is 1180. The molecule has 32 heavy (non-hydrogen) atoms. The standard InChI is InChI=1S/C25H26N2O4S/c1-31-21-14-16-22(17-15-21)32(29,30)27(20-10-3-2-4-11-20)18-25(28)26-24-13-7-9-19-8-5-6-12-23(19)24/h2-6,8,10-12,14-17,24H,7,9,13,18H2,1H3,(H,26,28). The molecule has 3 aromatic carbocycles. The van der Waals surface area contributed by atoms with E-state index in [1.807, 2.05) is 18.2 Å². The molecule has 0 radical (unpaired) electrons. The number of carbonyl (C=O) groups excluding carboxylic acids is 1. The molecule has 0 saturated carbocycles. The number of hydrogen-bond acceptors (Lipinski definition) is 4. The number of fused-ring (bicyclic) bond motifs is 1. The van der Waals surface area contributed by atoms with Gasteiger partial charge in [-0.1, -0.05) is 42.5 Å². The van der Waals surface area contributed by atoms with Crippen LogP contribution in [-0.2, 0) is 21.2 Å². The van der Waals surface area contributed by atoms with Crippen molar-refractivity contribution in [3.05, 3.63) is 90.0 Å². The van der Waals surface area contributed by atoms with Gasteiger partial charge < -0.3 is 10.1 Å². The number of sulfonamides is 1. The Morgan fingerprint density at radius 1 is 1.00 bits per heavy atom. The summed E-state index contributed by atoms with van der Waals surface area (Å²) in [6.07, 6.45) is 2.80. The smallest absolute Gasteiger partial charge is 0.264 e. The van der Waals surface area contributed by atoms with E-state index in [9.17, 15) is 13.2 Å². The first-order chi connectivity index (χ1) is 15.5. The first-order valence-electron chi connectivity index (χ1n) is 10.6. The van der Waals surface area contributed by atoms with Gasteiger partial charge in [0, 0.05) is 0 Å². The van der Waals surface area contributed by atoms with E-state index in [1.54, 1.807) is 42.5 Å². The van der Waals surface area contributed by atoms with Crippen molar-refractivity contribution in [2.75, 3.05) is 18.0 Å². The first-order valence-corrected chi connectivity index (χ1v) is 12.0. The molecule has 166 valence electrons. The number of benzene rings is 3. The maximum Gasteiger partial charge on any atom is 0.264 e. The average molecular weight is 451 g/mol. The zero-order chi connectivity index (χ0) is 22.6. The summed E-state index contributed by atoms with van der Waals surface area (Å²) in [5.74, 6) is 0.219. The van der Waals surface area contributed by atoms with Crippen molar-refractivity contribution < 1.29 is 17.9 Å². The SMILES string of the molecule is COc1ccc(S(=O)(=O)N(CC(=O)NC2CCCc3ccccc32)c2ccccc2)cc1. The molecule has 1 atom stereocenters. The topological polar surface area (TPSA) is 75.7 Å². The highest BCUT2D eigenvalue weighted by molar-refractivity contribution is 7.92. The van der Waals surface area contributed by atoms with Gasteiger partial charge in [0.25, 0.3) is 10.0 Å². The Balaban J connectivity index is 1.60. The van der Waals surface area contributed by atoms with Gasteiger partial charge in [0.05, 0.1) is 23.7 Å². The molecule has 0 bridgehead atoms. The zero-order valence-electron chi connectivity index (χ0n) is 17.9. The van der Waals surface area contributed by atoms with Crippen LogP contribution in [0.2, 0.25) is 0 Å². The Morgan fingerprint density at radius 3 is 2.41 bits per heavy atom. The van der Waals surface area contributed by atoms with Gasteiger partial charge >= 0.3 is 0 Å². The van der Waals surface area contributed by atoms with Crippen LogP contribution in [0.25, 0.3) is 0 Å². The molecule has 1 unspecified atom stereocenters. The molecule has 1 N–H and O–H groups in total. The molecule has 0 fully saturated rings. The van der Waals surface area contributed by atoms with Gasteiger partial charge in [-0.2, -0.15) is 0 Å². The van der Waals surface area contributed by atoms with E-state index >= 15 is 0 Å². The number of hydrogen-bond donors (Lipinski definition) is 1.